The smallest absolute Gasteiger partial charge is 0.335 e. The normalized spacial score (nSPS) is 34.9. The lowest BCUT2D eigenvalue weighted by molar-refractivity contribution is -0.128. The Bertz CT molecular complexity index is 1170. The lowest BCUT2D eigenvalue weighted by Crippen LogP contribution is -2.51. The fourth-order valence-electron chi connectivity index (χ4n) is 8.50. The Hall–Kier alpha value is -2.96. The molecule has 4 aliphatic carbocycles. The molecule has 0 spiro atoms. The maximum atomic E-state index is 12.4. The van der Waals surface area contributed by atoms with Crippen molar-refractivity contribution in [3.8, 4) is 0 Å². The van der Waals surface area contributed by atoms with Crippen LogP contribution in [0.5, 0.6) is 0 Å². The number of benzene rings is 1. The number of carboxylic acid groups (broad SMARTS) is 1. The minimum absolute atomic E-state index is 0.153. The van der Waals surface area contributed by atoms with Crippen molar-refractivity contribution in [3.05, 3.63) is 47.0 Å². The largest absolute Gasteiger partial charge is 0.478 e. The number of carbonyl (C=O) groups is 3. The molecule has 0 aromatic heterocycles. The Morgan fingerprint density at radius 1 is 1.03 bits per heavy atom. The Kier molecular flexibility index (Phi) is 7.23. The summed E-state index contributed by atoms with van der Waals surface area (Å²) in [7, 11) is 0. The summed E-state index contributed by atoms with van der Waals surface area (Å²) in [6.07, 6.45) is 11.0. The molecule has 1 amide bonds. The van der Waals surface area contributed by atoms with Gasteiger partial charge in [-0.15, -0.1) is 0 Å². The zero-order valence-corrected chi connectivity index (χ0v) is 22.8. The van der Waals surface area contributed by atoms with Gasteiger partial charge in [0, 0.05) is 12.5 Å². The highest BCUT2D eigenvalue weighted by Crippen LogP contribution is 2.66. The van der Waals surface area contributed by atoms with E-state index in [0.29, 0.717) is 30.1 Å². The van der Waals surface area contributed by atoms with Gasteiger partial charge in [0.15, 0.2) is 6.61 Å². The van der Waals surface area contributed by atoms with Crippen molar-refractivity contribution in [2.24, 2.45) is 39.7 Å². The van der Waals surface area contributed by atoms with Crippen LogP contribution in [0.25, 0.3) is 0 Å². The fraction of sp³-hybridized carbons (Fsp3) is 0.613. The predicted molar refractivity (Wildman–Crippen MR) is 145 cm³/mol. The lowest BCUT2D eigenvalue weighted by atomic mass is 9.46. The molecule has 0 aliphatic heterocycles. The number of hydrogen-bond donors (Lipinski definition) is 2. The van der Waals surface area contributed by atoms with Gasteiger partial charge in [0.25, 0.3) is 5.91 Å². The van der Waals surface area contributed by atoms with Gasteiger partial charge in [-0.3, -0.25) is 9.59 Å². The van der Waals surface area contributed by atoms with Crippen molar-refractivity contribution in [1.82, 2.24) is 5.32 Å². The lowest BCUT2D eigenvalue weighted by Gasteiger charge is -2.58. The van der Waals surface area contributed by atoms with Crippen LogP contribution in [0.4, 0.5) is 0 Å². The molecule has 2 N–H and O–H groups in total. The van der Waals surface area contributed by atoms with Crippen LogP contribution in [-0.2, 0) is 21.0 Å². The quantitative estimate of drug-likeness (QED) is 0.459. The maximum Gasteiger partial charge on any atom is 0.335 e. The first kappa shape index (κ1) is 26.6. The van der Waals surface area contributed by atoms with E-state index in [-0.39, 0.29) is 34.8 Å². The summed E-state index contributed by atoms with van der Waals surface area (Å²) in [6, 6.07) is 6.41. The summed E-state index contributed by atoms with van der Waals surface area (Å²) in [5.41, 5.74) is 3.79. The molecule has 1 aromatic rings. The second-order valence-electron chi connectivity index (χ2n) is 12.4. The fourth-order valence-corrected chi connectivity index (χ4v) is 8.50. The molecule has 0 bridgehead atoms. The minimum atomic E-state index is -0.975. The van der Waals surface area contributed by atoms with Gasteiger partial charge in [0.05, 0.1) is 11.3 Å². The van der Waals surface area contributed by atoms with Crippen LogP contribution in [0.2, 0.25) is 0 Å². The van der Waals surface area contributed by atoms with E-state index in [9.17, 15) is 14.4 Å². The number of allylic oxidation sites excluding steroid dienone is 2. The standard InChI is InChI=1S/C31H40N2O5/c1-19(34)25-10-11-26-24-9-8-22-16-23(12-14-30(22,2)27(24)13-15-31(25,26)3)33-38-18-28(35)32-17-20-4-6-21(7-5-20)29(36)37/h4-7,16,24-27H,8-15,17-18H2,1-3H3,(H,32,35)(H,36,37)/b33-23-/t24-,25+,26-,27-,30-,31+/m0/s1. The maximum absolute atomic E-state index is 12.4. The third kappa shape index (κ3) is 4.80. The van der Waals surface area contributed by atoms with E-state index in [4.69, 9.17) is 9.94 Å². The summed E-state index contributed by atoms with van der Waals surface area (Å²) in [5, 5.41) is 16.1. The van der Waals surface area contributed by atoms with E-state index >= 15 is 0 Å². The summed E-state index contributed by atoms with van der Waals surface area (Å²) >= 11 is 0. The number of nitrogens with zero attached hydrogens (tertiary/aromatic N) is 1. The molecular formula is C31H40N2O5. The van der Waals surface area contributed by atoms with Crippen LogP contribution in [0, 0.1) is 34.5 Å². The number of aromatic carboxylic acids is 1. The van der Waals surface area contributed by atoms with Crippen molar-refractivity contribution >= 4 is 23.4 Å². The monoisotopic (exact) mass is 520 g/mol. The highest BCUT2D eigenvalue weighted by atomic mass is 16.6. The van der Waals surface area contributed by atoms with Crippen LogP contribution in [0.3, 0.4) is 0 Å². The van der Waals surface area contributed by atoms with Crippen LogP contribution in [0.1, 0.15) is 88.1 Å². The van der Waals surface area contributed by atoms with Gasteiger partial charge < -0.3 is 15.3 Å². The molecule has 0 unspecified atom stereocenters. The molecule has 38 heavy (non-hydrogen) atoms. The molecule has 6 atom stereocenters. The van der Waals surface area contributed by atoms with Crippen molar-refractivity contribution in [2.75, 3.05) is 6.61 Å². The van der Waals surface area contributed by atoms with Crippen molar-refractivity contribution in [3.63, 3.8) is 0 Å². The van der Waals surface area contributed by atoms with Crippen molar-refractivity contribution < 1.29 is 24.3 Å². The van der Waals surface area contributed by atoms with Crippen LogP contribution >= 0.6 is 0 Å². The number of ketones is 1. The Balaban J connectivity index is 1.16. The van der Waals surface area contributed by atoms with E-state index < -0.39 is 5.97 Å². The number of carboxylic acids is 1. The molecule has 0 radical (unpaired) electrons. The molecule has 204 valence electrons. The first-order valence-corrected chi connectivity index (χ1v) is 14.1. The second-order valence-corrected chi connectivity index (χ2v) is 12.4. The van der Waals surface area contributed by atoms with Gasteiger partial charge in [-0.1, -0.05) is 36.7 Å². The van der Waals surface area contributed by atoms with Crippen molar-refractivity contribution in [1.29, 1.82) is 0 Å². The summed E-state index contributed by atoms with van der Waals surface area (Å²) < 4.78 is 0. The number of carbonyl (C=O) groups excluding carboxylic acids is 2. The van der Waals surface area contributed by atoms with Gasteiger partial charge in [-0.25, -0.2) is 4.79 Å². The van der Waals surface area contributed by atoms with E-state index in [1.807, 2.05) is 0 Å². The molecule has 4 aliphatic rings. The molecule has 1 aromatic carbocycles. The topological polar surface area (TPSA) is 105 Å². The third-order valence-corrected chi connectivity index (χ3v) is 10.5. The summed E-state index contributed by atoms with van der Waals surface area (Å²) in [4.78, 5) is 41.0. The molecule has 5 rings (SSSR count). The van der Waals surface area contributed by atoms with E-state index in [1.54, 1.807) is 19.1 Å². The van der Waals surface area contributed by atoms with Crippen LogP contribution in [0.15, 0.2) is 41.1 Å². The van der Waals surface area contributed by atoms with Crippen LogP contribution < -0.4 is 5.32 Å². The van der Waals surface area contributed by atoms with Gasteiger partial charge in [-0.05, 0) is 111 Å². The molecule has 0 saturated heterocycles. The molecule has 7 heteroatoms. The zero-order chi connectivity index (χ0) is 27.1. The Labute approximate surface area is 225 Å². The highest BCUT2D eigenvalue weighted by Gasteiger charge is 2.59. The average molecular weight is 521 g/mol. The number of hydrogen-bond acceptors (Lipinski definition) is 5. The number of rotatable bonds is 7. The number of amides is 1. The Morgan fingerprint density at radius 2 is 1.79 bits per heavy atom. The first-order valence-electron chi connectivity index (χ1n) is 14.1. The summed E-state index contributed by atoms with van der Waals surface area (Å²) in [5.74, 6) is 1.44. The average Bonchev–Trinajstić information content (AvgIpc) is 3.25. The minimum Gasteiger partial charge on any atom is -0.478 e. The number of oxime groups is 1. The van der Waals surface area contributed by atoms with E-state index in [0.717, 1.165) is 43.4 Å². The SMILES string of the molecule is CC(=O)[C@H]1CC[C@H]2[C@@H]3CCC4=C/C(=N\OCC(=O)NCc5ccc(C(=O)O)cc5)CC[C@]4(C)[C@H]3CC[C@]12C. The molecule has 7 nitrogen and oxygen atoms in total. The van der Waals surface area contributed by atoms with Crippen molar-refractivity contribution in [2.45, 2.75) is 78.7 Å². The first-order chi connectivity index (χ1) is 18.1. The van der Waals surface area contributed by atoms with Gasteiger partial charge in [0.1, 0.15) is 5.78 Å². The van der Waals surface area contributed by atoms with Gasteiger partial charge in [-0.2, -0.15) is 0 Å². The van der Waals surface area contributed by atoms with Gasteiger partial charge >= 0.3 is 5.97 Å². The molecule has 0 heterocycles. The van der Waals surface area contributed by atoms with E-state index in [1.165, 1.54) is 37.0 Å². The highest BCUT2D eigenvalue weighted by molar-refractivity contribution is 5.96. The van der Waals surface area contributed by atoms with Crippen LogP contribution in [-0.4, -0.2) is 35.1 Å². The number of fused-ring (bicyclic) bond motifs is 5. The molecule has 3 fully saturated rings. The third-order valence-electron chi connectivity index (χ3n) is 10.5. The Morgan fingerprint density at radius 3 is 2.50 bits per heavy atom. The predicted octanol–water partition coefficient (Wildman–Crippen LogP) is 5.54. The zero-order valence-electron chi connectivity index (χ0n) is 22.8. The number of nitrogens with one attached hydrogen (secondary N) is 1. The second kappa shape index (κ2) is 10.3. The van der Waals surface area contributed by atoms with Gasteiger partial charge in [0.2, 0.25) is 0 Å². The van der Waals surface area contributed by atoms with E-state index in [2.05, 4.69) is 30.4 Å². The molecular weight excluding hydrogens is 480 g/mol. The molecule has 3 saturated carbocycles. The summed E-state index contributed by atoms with van der Waals surface area (Å²) in [6.45, 7) is 6.79. The number of Topliss-reactive ketones (excluding diaryl/α,β-unsaturated/α-hetero) is 1.